The number of likely N-dealkylation sites (N-methyl/N-ethyl adjacent to an activating group) is 1. The SMILES string of the molecule is Cc1ccc2c(c1)c(N1CCN(C(=O)c3ccc(Cl)c(Cl)c3)CC1)c(C#N)c(=O)n2CCCN(C)C.Cc1ccc2c(c1)c(N1CCN(C(=O)c3ccco3)CC1)c(C#N)c(=O)n2CCN(C)C.Cn1c(=O)c(C#N)c(N2CCN(C(=O)c3ccco3)CC2)c2cc(Cl)ccc21. The zero-order valence-corrected chi connectivity index (χ0v) is 56.8. The van der Waals surface area contributed by atoms with Crippen molar-refractivity contribution in [2.45, 2.75) is 33.4 Å². The smallest absolute Gasteiger partial charge is 0.289 e. The highest BCUT2D eigenvalue weighted by Crippen LogP contribution is 2.35. The van der Waals surface area contributed by atoms with Gasteiger partial charge in [-0.3, -0.25) is 28.8 Å². The van der Waals surface area contributed by atoms with Crippen molar-refractivity contribution >= 4 is 102 Å². The Bertz CT molecular complexity index is 4730. The van der Waals surface area contributed by atoms with Crippen molar-refractivity contribution in [1.29, 1.82) is 15.8 Å². The van der Waals surface area contributed by atoms with E-state index in [2.05, 4.69) is 32.9 Å². The molecule has 8 heterocycles. The van der Waals surface area contributed by atoms with Crippen LogP contribution in [0.5, 0.6) is 0 Å². The van der Waals surface area contributed by atoms with E-state index in [1.807, 2.05) is 88.2 Å². The van der Waals surface area contributed by atoms with E-state index in [0.717, 1.165) is 51.3 Å². The lowest BCUT2D eigenvalue weighted by atomic mass is 10.0. The van der Waals surface area contributed by atoms with Gasteiger partial charge >= 0.3 is 0 Å². The van der Waals surface area contributed by atoms with Crippen molar-refractivity contribution in [1.82, 2.24) is 38.2 Å². The van der Waals surface area contributed by atoms with Gasteiger partial charge in [-0.1, -0.05) is 58.1 Å². The Hall–Kier alpha value is -9.86. The Morgan fingerprint density at radius 3 is 1.31 bits per heavy atom. The molecule has 0 N–H and O–H groups in total. The van der Waals surface area contributed by atoms with Crippen LogP contribution >= 0.6 is 34.8 Å². The van der Waals surface area contributed by atoms with Crippen LogP contribution < -0.4 is 31.4 Å². The lowest BCUT2D eigenvalue weighted by molar-refractivity contribution is 0.0708. The zero-order valence-electron chi connectivity index (χ0n) is 54.6. The summed E-state index contributed by atoms with van der Waals surface area (Å²) in [4.78, 5) is 93.0. The molecule has 0 atom stereocenters. The van der Waals surface area contributed by atoms with Gasteiger partial charge < -0.3 is 61.7 Å². The van der Waals surface area contributed by atoms with Crippen LogP contribution in [-0.2, 0) is 20.1 Å². The second-order valence-corrected chi connectivity index (χ2v) is 25.6. The predicted octanol–water partition coefficient (Wildman–Crippen LogP) is 9.32. The van der Waals surface area contributed by atoms with Gasteiger partial charge in [-0.2, -0.15) is 15.8 Å². The third-order valence-electron chi connectivity index (χ3n) is 17.5. The highest BCUT2D eigenvalue weighted by molar-refractivity contribution is 6.42. The maximum absolute atomic E-state index is 13.5. The Labute approximate surface area is 570 Å². The Balaban J connectivity index is 0.000000158. The van der Waals surface area contributed by atoms with E-state index in [1.165, 1.54) is 17.1 Å². The number of nitrogens with zero attached hydrogens (tertiary/aromatic N) is 14. The summed E-state index contributed by atoms with van der Waals surface area (Å²) in [7, 11) is 9.56. The molecule has 96 heavy (non-hydrogen) atoms. The number of pyridine rings is 3. The summed E-state index contributed by atoms with van der Waals surface area (Å²) in [5, 5.41) is 33.4. The Morgan fingerprint density at radius 2 is 0.896 bits per heavy atom. The summed E-state index contributed by atoms with van der Waals surface area (Å²) in [6.07, 6.45) is 3.76. The van der Waals surface area contributed by atoms with Crippen molar-refractivity contribution in [3.05, 3.63) is 201 Å². The van der Waals surface area contributed by atoms with Crippen LogP contribution in [0.3, 0.4) is 0 Å². The minimum absolute atomic E-state index is 0.0862. The molecule has 0 saturated carbocycles. The van der Waals surface area contributed by atoms with E-state index < -0.39 is 0 Å². The maximum Gasteiger partial charge on any atom is 0.289 e. The first-order chi connectivity index (χ1) is 46.1. The zero-order chi connectivity index (χ0) is 68.6. The first-order valence-corrected chi connectivity index (χ1v) is 32.6. The van der Waals surface area contributed by atoms with Gasteiger partial charge in [-0.05, 0) is 140 Å². The largest absolute Gasteiger partial charge is 0.459 e. The highest BCUT2D eigenvalue weighted by atomic mass is 35.5. The standard InChI is InChI=1S/C27H29Cl2N5O2.C24H27N5O3.C20H17ClN4O3/c1-18-5-8-24-20(15-18)25(21(17-30)27(36)34(24)10-4-9-31(2)3)32-11-13-33(14-12-32)26(35)19-6-7-22(28)23(29)16-19;1-17-6-7-20-18(15-17)22(19(16-25)23(30)29(20)13-8-26(2)3)27-9-11-28(12-10-27)24(31)21-5-4-14-32-21;1-23-16-5-4-13(21)11-14(16)18(15(12-22)19(23)26)24-6-8-25(9-7-24)20(27)17-3-2-10-28-17/h5-8,15-16H,4,9-14H2,1-3H3;4-7,14-15H,8-13H2,1-3H3;2-5,10-11H,6-9H2,1H3. The molecule has 25 heteroatoms. The molecule has 496 valence electrons. The summed E-state index contributed by atoms with van der Waals surface area (Å²) < 4.78 is 15.3. The first-order valence-electron chi connectivity index (χ1n) is 31.4. The number of aryl methyl sites for hydroxylation is 4. The number of rotatable bonds is 13. The average molecular weight is 1360 g/mol. The van der Waals surface area contributed by atoms with Gasteiger partial charge in [0.15, 0.2) is 11.5 Å². The number of anilines is 3. The number of nitriles is 3. The number of piperazine rings is 3. The molecule has 3 aliphatic heterocycles. The van der Waals surface area contributed by atoms with Crippen LogP contribution in [0.25, 0.3) is 32.7 Å². The third kappa shape index (κ3) is 14.7. The number of carbonyl (C=O) groups excluding carboxylic acids is 3. The van der Waals surface area contributed by atoms with Crippen molar-refractivity contribution in [2.24, 2.45) is 7.05 Å². The quantitative estimate of drug-likeness (QED) is 0.104. The van der Waals surface area contributed by atoms with Gasteiger partial charge in [0.25, 0.3) is 34.4 Å². The number of hydrogen-bond donors (Lipinski definition) is 0. The number of aromatic nitrogens is 3. The number of furan rings is 2. The minimum Gasteiger partial charge on any atom is -0.459 e. The molecule has 0 bridgehead atoms. The Kier molecular flexibility index (Phi) is 21.7. The van der Waals surface area contributed by atoms with Gasteiger partial charge in [-0.15, -0.1) is 0 Å². The lowest BCUT2D eigenvalue weighted by Crippen LogP contribution is -2.49. The normalized spacial score (nSPS) is 14.1. The summed E-state index contributed by atoms with van der Waals surface area (Å²) in [6.45, 7) is 12.5. The fourth-order valence-electron chi connectivity index (χ4n) is 12.5. The fraction of sp³-hybridized carbons (Fsp3) is 0.338. The van der Waals surface area contributed by atoms with E-state index in [-0.39, 0.29) is 51.1 Å². The third-order valence-corrected chi connectivity index (χ3v) is 18.5. The summed E-state index contributed by atoms with van der Waals surface area (Å²) >= 11 is 18.3. The van der Waals surface area contributed by atoms with Crippen LogP contribution in [0.2, 0.25) is 15.1 Å². The molecule has 3 amide bonds. The van der Waals surface area contributed by atoms with Gasteiger partial charge in [0.2, 0.25) is 0 Å². The molecule has 0 unspecified atom stereocenters. The second kappa shape index (κ2) is 30.3. The van der Waals surface area contributed by atoms with Gasteiger partial charge in [0.05, 0.1) is 56.2 Å². The summed E-state index contributed by atoms with van der Waals surface area (Å²) in [5.74, 6) is 0.195. The summed E-state index contributed by atoms with van der Waals surface area (Å²) in [5.41, 5.74) is 6.38. The molecule has 4 aromatic carbocycles. The van der Waals surface area contributed by atoms with Crippen molar-refractivity contribution in [3.8, 4) is 18.2 Å². The van der Waals surface area contributed by atoms with Crippen molar-refractivity contribution in [3.63, 3.8) is 0 Å². The molecular weight excluding hydrogens is 1280 g/mol. The molecule has 3 aliphatic rings. The fourth-order valence-corrected chi connectivity index (χ4v) is 13.0. The number of hydrogen-bond acceptors (Lipinski definition) is 16. The molecule has 0 radical (unpaired) electrons. The maximum atomic E-state index is 13.5. The monoisotopic (exact) mass is 1350 g/mol. The van der Waals surface area contributed by atoms with Crippen LogP contribution in [0, 0.1) is 47.8 Å². The summed E-state index contributed by atoms with van der Waals surface area (Å²) in [6, 6.07) is 35.2. The molecule has 22 nitrogen and oxygen atoms in total. The molecule has 0 spiro atoms. The molecule has 3 saturated heterocycles. The number of halogens is 3. The molecule has 12 rings (SSSR count). The van der Waals surface area contributed by atoms with E-state index in [0.29, 0.717) is 153 Å². The molecule has 9 aromatic rings. The molecule has 0 aliphatic carbocycles. The van der Waals surface area contributed by atoms with Crippen molar-refractivity contribution in [2.75, 3.05) is 135 Å². The highest BCUT2D eigenvalue weighted by Gasteiger charge is 2.32. The van der Waals surface area contributed by atoms with E-state index >= 15 is 0 Å². The molecule has 3 fully saturated rings. The van der Waals surface area contributed by atoms with E-state index in [9.17, 15) is 44.6 Å². The van der Waals surface area contributed by atoms with E-state index in [4.69, 9.17) is 43.6 Å². The second-order valence-electron chi connectivity index (χ2n) is 24.4. The number of benzene rings is 4. The van der Waals surface area contributed by atoms with E-state index in [1.54, 1.807) is 91.5 Å². The van der Waals surface area contributed by atoms with Crippen molar-refractivity contribution < 1.29 is 23.2 Å². The van der Waals surface area contributed by atoms with Crippen LogP contribution in [0.1, 0.15) is 65.7 Å². The van der Waals surface area contributed by atoms with Gasteiger partial charge in [0.1, 0.15) is 34.9 Å². The predicted molar refractivity (Wildman–Crippen MR) is 374 cm³/mol. The van der Waals surface area contributed by atoms with Crippen LogP contribution in [0.4, 0.5) is 17.1 Å². The average Bonchev–Trinajstić information content (AvgIpc) is 0.812. The number of amides is 3. The van der Waals surface area contributed by atoms with Crippen LogP contribution in [0.15, 0.2) is 133 Å². The van der Waals surface area contributed by atoms with Gasteiger partial charge in [0, 0.05) is 132 Å². The first kappa shape index (κ1) is 69.0. The topological polar surface area (TPSA) is 241 Å². The molecule has 5 aromatic heterocycles. The number of fused-ring (bicyclic) bond motifs is 3. The van der Waals surface area contributed by atoms with Gasteiger partial charge in [-0.25, -0.2) is 0 Å². The molecular formula is C71H73Cl3N14O8. The Morgan fingerprint density at radius 1 is 0.479 bits per heavy atom. The number of carbonyl (C=O) groups is 3. The lowest BCUT2D eigenvalue weighted by Gasteiger charge is -2.37. The minimum atomic E-state index is -0.346. The van der Waals surface area contributed by atoms with Crippen LogP contribution in [-0.4, -0.2) is 176 Å².